The van der Waals surface area contributed by atoms with Crippen molar-refractivity contribution in [2.45, 2.75) is 51.0 Å². The summed E-state index contributed by atoms with van der Waals surface area (Å²) in [6, 6.07) is 0. The van der Waals surface area contributed by atoms with Gasteiger partial charge in [-0.15, -0.1) is 0 Å². The third-order valence-corrected chi connectivity index (χ3v) is 5.46. The maximum Gasteiger partial charge on any atom is 0.357 e. The van der Waals surface area contributed by atoms with Crippen molar-refractivity contribution in [1.82, 2.24) is 20.0 Å². The van der Waals surface area contributed by atoms with Gasteiger partial charge < -0.3 is 14.0 Å². The van der Waals surface area contributed by atoms with E-state index in [0.29, 0.717) is 18.4 Å². The van der Waals surface area contributed by atoms with Crippen LogP contribution in [0.1, 0.15) is 67.1 Å². The van der Waals surface area contributed by atoms with Gasteiger partial charge in [0.15, 0.2) is 11.5 Å². The van der Waals surface area contributed by atoms with E-state index in [-0.39, 0.29) is 17.0 Å². The molecule has 8 heteroatoms. The van der Waals surface area contributed by atoms with Crippen LogP contribution in [0.15, 0.2) is 15.2 Å². The van der Waals surface area contributed by atoms with Crippen LogP contribution in [0.25, 0.3) is 0 Å². The Morgan fingerprint density at radius 2 is 2.32 bits per heavy atom. The van der Waals surface area contributed by atoms with Gasteiger partial charge in [0.05, 0.1) is 12.0 Å². The Bertz CT molecular complexity index is 783. The fraction of sp³-hybridized carbons (Fsp3) is 0.647. The number of likely N-dealkylation sites (tertiary alicyclic amines) is 1. The average Bonchev–Trinajstić information content (AvgIpc) is 3.29. The van der Waals surface area contributed by atoms with Gasteiger partial charge in [-0.1, -0.05) is 25.4 Å². The first-order chi connectivity index (χ1) is 12.0. The van der Waals surface area contributed by atoms with E-state index in [9.17, 15) is 4.79 Å². The smallest absolute Gasteiger partial charge is 0.357 e. The first-order valence-electron chi connectivity index (χ1n) is 8.72. The molecule has 0 bridgehead atoms. The molecule has 2 aliphatic rings. The molecule has 0 aromatic carbocycles. The van der Waals surface area contributed by atoms with Crippen LogP contribution in [-0.2, 0) is 12.0 Å². The first kappa shape index (κ1) is 16.3. The summed E-state index contributed by atoms with van der Waals surface area (Å²) in [5.74, 6) is 1.58. The van der Waals surface area contributed by atoms with Crippen molar-refractivity contribution in [2.75, 3.05) is 13.1 Å². The van der Waals surface area contributed by atoms with E-state index in [4.69, 9.17) is 14.0 Å². The number of aromatic nitrogens is 3. The van der Waals surface area contributed by atoms with Gasteiger partial charge in [-0.3, -0.25) is 4.90 Å². The molecule has 4 rings (SSSR count). The number of carboxylic acids is 1. The molecular formula is C17H22N4O4. The maximum absolute atomic E-state index is 10.9. The molecule has 1 saturated heterocycles. The predicted molar refractivity (Wildman–Crippen MR) is 86.1 cm³/mol. The second-order valence-corrected chi connectivity index (χ2v) is 7.46. The SMILES string of the molecule is CC(C)c1noc([C@]23CCC[C@H]2CN(Cc2nc(C(=O)O)co2)C3)n1. The zero-order valence-electron chi connectivity index (χ0n) is 14.4. The number of aromatic carboxylic acids is 1. The van der Waals surface area contributed by atoms with Crippen LogP contribution in [0.4, 0.5) is 0 Å². The lowest BCUT2D eigenvalue weighted by molar-refractivity contribution is 0.0690. The molecule has 1 saturated carbocycles. The highest BCUT2D eigenvalue weighted by atomic mass is 16.5. The van der Waals surface area contributed by atoms with Crippen molar-refractivity contribution in [3.05, 3.63) is 29.6 Å². The molecule has 1 aliphatic heterocycles. The van der Waals surface area contributed by atoms with Crippen LogP contribution >= 0.6 is 0 Å². The normalized spacial score (nSPS) is 26.4. The summed E-state index contributed by atoms with van der Waals surface area (Å²) < 4.78 is 10.9. The van der Waals surface area contributed by atoms with Crippen LogP contribution in [-0.4, -0.2) is 44.2 Å². The zero-order valence-corrected chi connectivity index (χ0v) is 14.4. The number of fused-ring (bicyclic) bond motifs is 1. The van der Waals surface area contributed by atoms with Crippen molar-refractivity contribution in [3.63, 3.8) is 0 Å². The summed E-state index contributed by atoms with van der Waals surface area (Å²) in [5, 5.41) is 13.1. The van der Waals surface area contributed by atoms with Crippen LogP contribution in [0.2, 0.25) is 0 Å². The molecular weight excluding hydrogens is 324 g/mol. The van der Waals surface area contributed by atoms with E-state index >= 15 is 0 Å². The second-order valence-electron chi connectivity index (χ2n) is 7.46. The third kappa shape index (κ3) is 2.74. The van der Waals surface area contributed by atoms with Crippen molar-refractivity contribution < 1.29 is 18.8 Å². The third-order valence-electron chi connectivity index (χ3n) is 5.46. The van der Waals surface area contributed by atoms with E-state index in [1.54, 1.807) is 0 Å². The summed E-state index contributed by atoms with van der Waals surface area (Å²) in [7, 11) is 0. The Kier molecular flexibility index (Phi) is 3.87. The average molecular weight is 346 g/mol. The molecule has 2 aromatic rings. The number of carboxylic acid groups (broad SMARTS) is 1. The molecule has 8 nitrogen and oxygen atoms in total. The van der Waals surface area contributed by atoms with Crippen molar-refractivity contribution in [1.29, 1.82) is 0 Å². The number of carbonyl (C=O) groups is 1. The molecule has 134 valence electrons. The van der Waals surface area contributed by atoms with Gasteiger partial charge in [-0.05, 0) is 18.8 Å². The molecule has 1 aliphatic carbocycles. The number of oxazole rings is 1. The molecule has 2 atom stereocenters. The molecule has 0 spiro atoms. The molecule has 3 heterocycles. The van der Waals surface area contributed by atoms with E-state index in [1.807, 2.05) is 0 Å². The predicted octanol–water partition coefficient (Wildman–Crippen LogP) is 2.43. The molecule has 0 radical (unpaired) electrons. The molecule has 2 aromatic heterocycles. The molecule has 0 amide bonds. The van der Waals surface area contributed by atoms with E-state index in [1.165, 1.54) is 12.7 Å². The highest BCUT2D eigenvalue weighted by Crippen LogP contribution is 2.50. The lowest BCUT2D eigenvalue weighted by atomic mass is 9.80. The Balaban J connectivity index is 1.53. The lowest BCUT2D eigenvalue weighted by Gasteiger charge is -2.24. The second kappa shape index (κ2) is 5.94. The monoisotopic (exact) mass is 346 g/mol. The van der Waals surface area contributed by atoms with E-state index in [2.05, 4.69) is 33.9 Å². The minimum absolute atomic E-state index is 0.0532. The highest BCUT2D eigenvalue weighted by molar-refractivity contribution is 5.84. The van der Waals surface area contributed by atoms with Gasteiger partial charge >= 0.3 is 5.97 Å². The van der Waals surface area contributed by atoms with Crippen LogP contribution in [0.3, 0.4) is 0 Å². The number of hydrogen-bond acceptors (Lipinski definition) is 7. The zero-order chi connectivity index (χ0) is 17.6. The van der Waals surface area contributed by atoms with Crippen molar-refractivity contribution >= 4 is 5.97 Å². The van der Waals surface area contributed by atoms with E-state index in [0.717, 1.165) is 37.6 Å². The number of hydrogen-bond donors (Lipinski definition) is 1. The van der Waals surface area contributed by atoms with E-state index < -0.39 is 5.97 Å². The van der Waals surface area contributed by atoms with Gasteiger partial charge in [-0.25, -0.2) is 9.78 Å². The first-order valence-corrected chi connectivity index (χ1v) is 8.72. The van der Waals surface area contributed by atoms with Crippen LogP contribution in [0, 0.1) is 5.92 Å². The van der Waals surface area contributed by atoms with Gasteiger partial charge in [-0.2, -0.15) is 4.98 Å². The lowest BCUT2D eigenvalue weighted by Crippen LogP contribution is -2.32. The van der Waals surface area contributed by atoms with Gasteiger partial charge in [0, 0.05) is 19.0 Å². The highest BCUT2D eigenvalue weighted by Gasteiger charge is 2.54. The van der Waals surface area contributed by atoms with Crippen LogP contribution in [0.5, 0.6) is 0 Å². The number of nitrogens with zero attached hydrogens (tertiary/aromatic N) is 4. The quantitative estimate of drug-likeness (QED) is 0.880. The Hall–Kier alpha value is -2.22. The number of rotatable bonds is 5. The summed E-state index contributed by atoms with van der Waals surface area (Å²) in [5.41, 5.74) is -0.148. The molecule has 25 heavy (non-hydrogen) atoms. The maximum atomic E-state index is 10.9. The Morgan fingerprint density at radius 1 is 1.48 bits per heavy atom. The summed E-state index contributed by atoms with van der Waals surface area (Å²) in [6.07, 6.45) is 4.54. The van der Waals surface area contributed by atoms with Gasteiger partial charge in [0.2, 0.25) is 11.8 Å². The standard InChI is InChI=1S/C17H22N4O4/c1-10(2)14-19-16(25-20-14)17-5-3-4-11(17)6-21(9-17)7-13-18-12(8-24-13)15(22)23/h8,10-11H,3-7,9H2,1-2H3,(H,22,23)/t11-,17-/m0/s1. The summed E-state index contributed by atoms with van der Waals surface area (Å²) in [4.78, 5) is 21.9. The minimum atomic E-state index is -1.07. The summed E-state index contributed by atoms with van der Waals surface area (Å²) in [6.45, 7) is 6.33. The fourth-order valence-electron chi connectivity index (χ4n) is 4.21. The van der Waals surface area contributed by atoms with Crippen LogP contribution < -0.4 is 0 Å². The van der Waals surface area contributed by atoms with Crippen molar-refractivity contribution in [3.8, 4) is 0 Å². The largest absolute Gasteiger partial charge is 0.476 e. The fourth-order valence-corrected chi connectivity index (χ4v) is 4.21. The minimum Gasteiger partial charge on any atom is -0.476 e. The Morgan fingerprint density at radius 3 is 3.00 bits per heavy atom. The van der Waals surface area contributed by atoms with Crippen molar-refractivity contribution in [2.24, 2.45) is 5.92 Å². The topological polar surface area (TPSA) is 105 Å². The molecule has 1 N–H and O–H groups in total. The van der Waals surface area contributed by atoms with Gasteiger partial charge in [0.25, 0.3) is 0 Å². The molecule has 2 fully saturated rings. The Labute approximate surface area is 145 Å². The molecule has 0 unspecified atom stereocenters. The summed E-state index contributed by atoms with van der Waals surface area (Å²) >= 11 is 0. The van der Waals surface area contributed by atoms with Gasteiger partial charge in [0.1, 0.15) is 6.26 Å².